The second kappa shape index (κ2) is 9.87. The quantitative estimate of drug-likeness (QED) is 0.234. The van der Waals surface area contributed by atoms with Crippen LogP contribution in [0.1, 0.15) is 48.8 Å². The van der Waals surface area contributed by atoms with Gasteiger partial charge in [0.05, 0.1) is 26.7 Å². The summed E-state index contributed by atoms with van der Waals surface area (Å²) in [4.78, 5) is 13.9. The molecule has 3 aromatic carbocycles. The predicted octanol–water partition coefficient (Wildman–Crippen LogP) is 5.84. The number of para-hydroxylation sites is 2. The van der Waals surface area contributed by atoms with Gasteiger partial charge in [0, 0.05) is 29.4 Å². The van der Waals surface area contributed by atoms with Crippen LogP contribution in [0.5, 0.6) is 11.5 Å². The molecule has 2 saturated carbocycles. The van der Waals surface area contributed by atoms with E-state index in [9.17, 15) is 9.90 Å². The zero-order valence-corrected chi connectivity index (χ0v) is 22.4. The molecular weight excluding hydrogens is 474 g/mol. The first kappa shape index (κ1) is 25.1. The Morgan fingerprint density at radius 1 is 0.921 bits per heavy atom. The summed E-state index contributed by atoms with van der Waals surface area (Å²) in [6.07, 6.45) is 6.55. The second-order valence-corrected chi connectivity index (χ2v) is 11.9. The smallest absolute Gasteiger partial charge is 0.348 e. The molecule has 0 saturated heterocycles. The van der Waals surface area contributed by atoms with Crippen LogP contribution in [-0.2, 0) is 21.6 Å². The van der Waals surface area contributed by atoms with Crippen molar-refractivity contribution >= 4 is 5.97 Å². The Labute approximate surface area is 225 Å². The minimum Gasteiger partial charge on any atom is -0.459 e. The number of unbranched alkanes of at least 4 members (excludes halogenated alkanes) is 1. The average molecular weight is 513 g/mol. The molecular formula is C33H38NO4+. The van der Waals surface area contributed by atoms with E-state index in [-0.39, 0.29) is 6.10 Å². The normalized spacial score (nSPS) is 24.8. The highest BCUT2D eigenvalue weighted by molar-refractivity contribution is 5.88. The van der Waals surface area contributed by atoms with E-state index < -0.39 is 11.6 Å². The van der Waals surface area contributed by atoms with Gasteiger partial charge in [0.15, 0.2) is 0 Å². The molecule has 5 nitrogen and oxygen atoms in total. The monoisotopic (exact) mass is 512 g/mol. The molecule has 0 spiro atoms. The number of hydrogen-bond acceptors (Lipinski definition) is 4. The number of esters is 1. The highest BCUT2D eigenvalue weighted by Gasteiger charge is 2.58. The number of hydrogen-bond donors (Lipinski definition) is 1. The Morgan fingerprint density at radius 3 is 2.24 bits per heavy atom. The van der Waals surface area contributed by atoms with E-state index in [0.717, 1.165) is 36.7 Å². The molecule has 38 heavy (non-hydrogen) atoms. The van der Waals surface area contributed by atoms with Crippen LogP contribution >= 0.6 is 0 Å². The molecule has 3 aliphatic rings. The van der Waals surface area contributed by atoms with E-state index >= 15 is 0 Å². The Hall–Kier alpha value is -3.15. The summed E-state index contributed by atoms with van der Waals surface area (Å²) in [5, 5.41) is 12.0. The summed E-state index contributed by atoms with van der Waals surface area (Å²) < 4.78 is 13.3. The van der Waals surface area contributed by atoms with Crippen LogP contribution in [0.2, 0.25) is 0 Å². The van der Waals surface area contributed by atoms with Crippen molar-refractivity contribution in [3.8, 4) is 11.5 Å². The van der Waals surface area contributed by atoms with Gasteiger partial charge in [-0.05, 0) is 49.8 Å². The zero-order valence-electron chi connectivity index (χ0n) is 22.4. The molecule has 6 rings (SSSR count). The lowest BCUT2D eigenvalue weighted by Crippen LogP contribution is -2.52. The van der Waals surface area contributed by atoms with Crippen molar-refractivity contribution in [2.45, 2.75) is 56.3 Å². The van der Waals surface area contributed by atoms with Gasteiger partial charge >= 0.3 is 5.97 Å². The summed E-state index contributed by atoms with van der Waals surface area (Å²) in [7, 11) is 4.68. The number of rotatable bonds is 8. The van der Waals surface area contributed by atoms with E-state index in [2.05, 4.69) is 44.4 Å². The van der Waals surface area contributed by atoms with Crippen LogP contribution in [-0.4, -0.2) is 48.3 Å². The summed E-state index contributed by atoms with van der Waals surface area (Å²) in [5.74, 6) is 1.07. The fourth-order valence-corrected chi connectivity index (χ4v) is 7.28. The molecule has 5 heteroatoms. The van der Waals surface area contributed by atoms with Crippen LogP contribution in [0.3, 0.4) is 0 Å². The third kappa shape index (κ3) is 4.32. The minimum absolute atomic E-state index is 0.152. The number of fused-ring (bicyclic) bond motifs is 4. The van der Waals surface area contributed by atoms with Crippen molar-refractivity contribution in [1.29, 1.82) is 0 Å². The van der Waals surface area contributed by atoms with Crippen LogP contribution in [0.25, 0.3) is 0 Å². The molecule has 4 atom stereocenters. The summed E-state index contributed by atoms with van der Waals surface area (Å²) in [6.45, 7) is 1.11. The van der Waals surface area contributed by atoms with Crippen molar-refractivity contribution < 1.29 is 23.9 Å². The van der Waals surface area contributed by atoms with E-state index in [1.165, 1.54) is 18.4 Å². The SMILES string of the molecule is C[N+](C)(CCCCc1ccccc1)C1CC2CCC1C2OC(=O)C1(O)c2ccccc2Oc2ccccc21. The van der Waals surface area contributed by atoms with Crippen LogP contribution in [0, 0.1) is 11.8 Å². The molecule has 2 bridgehead atoms. The summed E-state index contributed by atoms with van der Waals surface area (Å²) in [5.41, 5.74) is 0.407. The van der Waals surface area contributed by atoms with E-state index in [0.29, 0.717) is 40.5 Å². The van der Waals surface area contributed by atoms with Gasteiger partial charge in [-0.25, -0.2) is 4.79 Å². The van der Waals surface area contributed by atoms with Crippen LogP contribution in [0.15, 0.2) is 78.9 Å². The molecule has 1 aliphatic heterocycles. The van der Waals surface area contributed by atoms with E-state index in [4.69, 9.17) is 9.47 Å². The third-order valence-corrected chi connectivity index (χ3v) is 9.30. The van der Waals surface area contributed by atoms with Gasteiger partial charge in [0.1, 0.15) is 17.6 Å². The highest BCUT2D eigenvalue weighted by atomic mass is 16.6. The Bertz CT molecular complexity index is 1260. The van der Waals surface area contributed by atoms with Gasteiger partial charge in [0.25, 0.3) is 0 Å². The zero-order chi connectivity index (χ0) is 26.3. The van der Waals surface area contributed by atoms with Gasteiger partial charge < -0.3 is 19.1 Å². The molecule has 3 aromatic rings. The number of aliphatic hydroxyl groups is 1. The number of quaternary nitrogens is 1. The maximum Gasteiger partial charge on any atom is 0.348 e. The Kier molecular flexibility index (Phi) is 6.53. The number of nitrogens with zero attached hydrogens (tertiary/aromatic N) is 1. The molecule has 1 heterocycles. The van der Waals surface area contributed by atoms with Gasteiger partial charge in [-0.2, -0.15) is 0 Å². The van der Waals surface area contributed by atoms with Crippen molar-refractivity contribution in [3.63, 3.8) is 0 Å². The number of ether oxygens (including phenoxy) is 2. The number of carbonyl (C=O) groups is 1. The fraction of sp³-hybridized carbons (Fsp3) is 0.424. The Balaban J connectivity index is 1.16. The van der Waals surface area contributed by atoms with Crippen LogP contribution in [0.4, 0.5) is 0 Å². The topological polar surface area (TPSA) is 55.8 Å². The van der Waals surface area contributed by atoms with E-state index in [1.807, 2.05) is 24.3 Å². The van der Waals surface area contributed by atoms with Gasteiger partial charge in [0.2, 0.25) is 5.60 Å². The van der Waals surface area contributed by atoms with Crippen molar-refractivity contribution in [3.05, 3.63) is 95.6 Å². The maximum absolute atomic E-state index is 13.9. The lowest BCUT2D eigenvalue weighted by molar-refractivity contribution is -0.918. The first-order valence-electron chi connectivity index (χ1n) is 14.0. The largest absolute Gasteiger partial charge is 0.459 e. The highest BCUT2D eigenvalue weighted by Crippen LogP contribution is 2.52. The number of carbonyl (C=O) groups excluding carboxylic acids is 1. The molecule has 198 valence electrons. The first-order chi connectivity index (χ1) is 18.4. The third-order valence-electron chi connectivity index (χ3n) is 9.30. The average Bonchev–Trinajstić information content (AvgIpc) is 3.49. The lowest BCUT2D eigenvalue weighted by atomic mass is 9.83. The maximum atomic E-state index is 13.9. The van der Waals surface area contributed by atoms with Gasteiger partial charge in [-0.1, -0.05) is 66.7 Å². The van der Waals surface area contributed by atoms with Crippen molar-refractivity contribution in [2.75, 3.05) is 20.6 Å². The predicted molar refractivity (Wildman–Crippen MR) is 147 cm³/mol. The van der Waals surface area contributed by atoms with Crippen molar-refractivity contribution in [2.24, 2.45) is 11.8 Å². The molecule has 2 fully saturated rings. The molecule has 4 unspecified atom stereocenters. The Morgan fingerprint density at radius 2 is 1.55 bits per heavy atom. The van der Waals surface area contributed by atoms with Crippen LogP contribution < -0.4 is 4.74 Å². The van der Waals surface area contributed by atoms with Crippen molar-refractivity contribution in [1.82, 2.24) is 0 Å². The molecule has 0 aromatic heterocycles. The second-order valence-electron chi connectivity index (χ2n) is 11.9. The minimum atomic E-state index is -1.88. The lowest BCUT2D eigenvalue weighted by Gasteiger charge is -2.40. The number of benzene rings is 3. The first-order valence-corrected chi connectivity index (χ1v) is 14.0. The van der Waals surface area contributed by atoms with Gasteiger partial charge in [-0.3, -0.25) is 0 Å². The molecule has 1 N–H and O–H groups in total. The number of aryl methyl sites for hydroxylation is 1. The summed E-state index contributed by atoms with van der Waals surface area (Å²) >= 11 is 0. The fourth-order valence-electron chi connectivity index (χ4n) is 7.28. The standard InChI is InChI=1S/C33H38NO4/c1-34(2,21-11-10-14-23-12-4-3-5-13-23)28-22-24-19-20-25(28)31(24)38-32(35)33(36)26-15-6-8-17-29(26)37-30-18-9-7-16-27(30)33/h3-9,12-13,15-18,24-25,28,31,36H,10-11,14,19-22H2,1-2H3/q+1. The molecule has 0 radical (unpaired) electrons. The van der Waals surface area contributed by atoms with Gasteiger partial charge in [-0.15, -0.1) is 0 Å². The van der Waals surface area contributed by atoms with E-state index in [1.54, 1.807) is 24.3 Å². The molecule has 2 aliphatic carbocycles. The summed E-state index contributed by atoms with van der Waals surface area (Å²) in [6, 6.07) is 25.6. The molecule has 0 amide bonds.